The third-order valence-corrected chi connectivity index (χ3v) is 4.58. The molecule has 0 spiro atoms. The van der Waals surface area contributed by atoms with E-state index >= 15 is 0 Å². The highest BCUT2D eigenvalue weighted by molar-refractivity contribution is 5.98. The van der Waals surface area contributed by atoms with Crippen molar-refractivity contribution in [2.75, 3.05) is 11.9 Å². The average Bonchev–Trinajstić information content (AvgIpc) is 2.75. The SMILES string of the molecule is CC(C)Oc1cc(OC(C)C)cc(C(CC(=O)O)NC(=O)CNC(=O)c2cccc(NC(=N)N)c2)c1. The Morgan fingerprint density at radius 1 is 1.00 bits per heavy atom. The van der Waals surface area contributed by atoms with Crippen molar-refractivity contribution >= 4 is 29.4 Å². The van der Waals surface area contributed by atoms with Crippen LogP contribution in [0.2, 0.25) is 0 Å². The summed E-state index contributed by atoms with van der Waals surface area (Å²) in [5.41, 5.74) is 6.50. The van der Waals surface area contributed by atoms with Crippen LogP contribution >= 0.6 is 0 Å². The van der Waals surface area contributed by atoms with Crippen LogP contribution in [0, 0.1) is 5.41 Å². The third-order valence-electron chi connectivity index (χ3n) is 4.58. The number of nitrogens with one attached hydrogen (secondary N) is 4. The molecule has 1 unspecified atom stereocenters. The van der Waals surface area contributed by atoms with E-state index in [-0.39, 0.29) is 36.7 Å². The average molecular weight is 500 g/mol. The number of amides is 2. The molecule has 11 heteroatoms. The molecule has 36 heavy (non-hydrogen) atoms. The summed E-state index contributed by atoms with van der Waals surface area (Å²) in [7, 11) is 0. The maximum Gasteiger partial charge on any atom is 0.305 e. The van der Waals surface area contributed by atoms with Crippen molar-refractivity contribution in [3.63, 3.8) is 0 Å². The maximum absolute atomic E-state index is 12.6. The fraction of sp³-hybridized carbons (Fsp3) is 0.360. The number of aliphatic carboxylic acids is 1. The molecule has 2 aromatic rings. The van der Waals surface area contributed by atoms with Crippen molar-refractivity contribution in [2.45, 2.75) is 52.4 Å². The van der Waals surface area contributed by atoms with Gasteiger partial charge in [-0.3, -0.25) is 19.8 Å². The van der Waals surface area contributed by atoms with Crippen LogP contribution in [0.15, 0.2) is 42.5 Å². The number of hydrogen-bond donors (Lipinski definition) is 6. The zero-order valence-electron chi connectivity index (χ0n) is 20.8. The predicted octanol–water partition coefficient (Wildman–Crippen LogP) is 2.63. The van der Waals surface area contributed by atoms with Crippen LogP contribution in [0.1, 0.15) is 56.1 Å². The normalized spacial score (nSPS) is 11.5. The zero-order chi connectivity index (χ0) is 26.8. The molecule has 0 aliphatic carbocycles. The second-order valence-electron chi connectivity index (χ2n) is 8.59. The minimum atomic E-state index is -1.11. The molecular weight excluding hydrogens is 466 g/mol. The Morgan fingerprint density at radius 3 is 2.14 bits per heavy atom. The molecule has 0 bridgehead atoms. The Balaban J connectivity index is 2.16. The first-order valence-electron chi connectivity index (χ1n) is 11.4. The van der Waals surface area contributed by atoms with Gasteiger partial charge in [0.05, 0.1) is 31.2 Å². The number of carboxylic acid groups (broad SMARTS) is 1. The van der Waals surface area contributed by atoms with Gasteiger partial charge in [-0.1, -0.05) is 6.07 Å². The Morgan fingerprint density at radius 2 is 1.61 bits per heavy atom. The highest BCUT2D eigenvalue weighted by Gasteiger charge is 2.21. The third kappa shape index (κ3) is 9.53. The molecule has 2 aromatic carbocycles. The summed E-state index contributed by atoms with van der Waals surface area (Å²) in [5.74, 6) is -1.52. The molecule has 0 aliphatic rings. The first kappa shape index (κ1) is 28.0. The number of carbonyl (C=O) groups excluding carboxylic acids is 2. The van der Waals surface area contributed by atoms with Crippen LogP contribution in [0.5, 0.6) is 11.5 Å². The summed E-state index contributed by atoms with van der Waals surface area (Å²) in [6, 6.07) is 10.4. The Kier molecular flexibility index (Phi) is 10.1. The highest BCUT2D eigenvalue weighted by atomic mass is 16.5. The largest absolute Gasteiger partial charge is 0.491 e. The summed E-state index contributed by atoms with van der Waals surface area (Å²) in [4.78, 5) is 36.7. The zero-order valence-corrected chi connectivity index (χ0v) is 20.8. The number of rotatable bonds is 12. The van der Waals surface area contributed by atoms with Crippen LogP contribution in [0.4, 0.5) is 5.69 Å². The highest BCUT2D eigenvalue weighted by Crippen LogP contribution is 2.29. The molecule has 0 saturated heterocycles. The molecule has 1 atom stereocenters. The second-order valence-corrected chi connectivity index (χ2v) is 8.59. The number of carbonyl (C=O) groups is 3. The van der Waals surface area contributed by atoms with Crippen LogP contribution in [0.25, 0.3) is 0 Å². The predicted molar refractivity (Wildman–Crippen MR) is 135 cm³/mol. The fourth-order valence-corrected chi connectivity index (χ4v) is 3.30. The topological polar surface area (TPSA) is 176 Å². The van der Waals surface area contributed by atoms with Gasteiger partial charge in [-0.05, 0) is 63.6 Å². The number of benzene rings is 2. The molecule has 0 heterocycles. The molecule has 2 rings (SSSR count). The van der Waals surface area contributed by atoms with Gasteiger partial charge in [0.25, 0.3) is 5.91 Å². The van der Waals surface area contributed by atoms with Gasteiger partial charge in [-0.15, -0.1) is 0 Å². The lowest BCUT2D eigenvalue weighted by molar-refractivity contribution is -0.137. The van der Waals surface area contributed by atoms with E-state index in [0.29, 0.717) is 22.7 Å². The maximum atomic E-state index is 12.6. The number of carboxylic acids is 1. The molecule has 11 nitrogen and oxygen atoms in total. The lowest BCUT2D eigenvalue weighted by Gasteiger charge is -2.21. The number of guanidine groups is 1. The van der Waals surface area contributed by atoms with E-state index < -0.39 is 23.8 Å². The molecule has 7 N–H and O–H groups in total. The van der Waals surface area contributed by atoms with Gasteiger partial charge >= 0.3 is 5.97 Å². The molecule has 0 aromatic heterocycles. The number of nitrogens with two attached hydrogens (primary N) is 1. The Hall–Kier alpha value is -4.28. The Bertz CT molecular complexity index is 1070. The Labute approximate surface area is 209 Å². The smallest absolute Gasteiger partial charge is 0.305 e. The molecular formula is C25H33N5O6. The van der Waals surface area contributed by atoms with E-state index in [2.05, 4.69) is 16.0 Å². The van der Waals surface area contributed by atoms with Crippen molar-refractivity contribution in [1.29, 1.82) is 5.41 Å². The minimum absolute atomic E-state index is 0.126. The van der Waals surface area contributed by atoms with Crippen LogP contribution in [0.3, 0.4) is 0 Å². The molecule has 0 saturated carbocycles. The van der Waals surface area contributed by atoms with Gasteiger partial charge in [0.1, 0.15) is 11.5 Å². The number of ether oxygens (including phenoxy) is 2. The molecule has 0 aliphatic heterocycles. The standard InChI is InChI=1S/C25H33N5O6/c1-14(2)35-19-9-17(10-20(11-19)36-15(3)4)21(12-23(32)33)30-22(31)13-28-24(34)16-6-5-7-18(8-16)29-25(26)27/h5-11,14-15,21H,12-13H2,1-4H3,(H,28,34)(H,30,31)(H,32,33)(H4,26,27,29). The monoisotopic (exact) mass is 499 g/mol. The van der Waals surface area contributed by atoms with E-state index in [1.54, 1.807) is 36.4 Å². The molecule has 2 amide bonds. The van der Waals surface area contributed by atoms with Crippen molar-refractivity contribution < 1.29 is 29.0 Å². The van der Waals surface area contributed by atoms with Gasteiger partial charge in [-0.25, -0.2) is 0 Å². The molecule has 194 valence electrons. The van der Waals surface area contributed by atoms with Crippen molar-refractivity contribution in [2.24, 2.45) is 5.73 Å². The van der Waals surface area contributed by atoms with Gasteiger partial charge < -0.3 is 36.3 Å². The van der Waals surface area contributed by atoms with E-state index in [4.69, 9.17) is 20.6 Å². The lowest BCUT2D eigenvalue weighted by atomic mass is 10.0. The minimum Gasteiger partial charge on any atom is -0.491 e. The summed E-state index contributed by atoms with van der Waals surface area (Å²) in [5, 5.41) is 24.5. The summed E-state index contributed by atoms with van der Waals surface area (Å²) >= 11 is 0. The van der Waals surface area contributed by atoms with Crippen molar-refractivity contribution in [3.05, 3.63) is 53.6 Å². The molecule has 0 radical (unpaired) electrons. The van der Waals surface area contributed by atoms with Gasteiger partial charge in [-0.2, -0.15) is 0 Å². The number of hydrogen-bond acceptors (Lipinski definition) is 6. The number of anilines is 1. The van der Waals surface area contributed by atoms with Crippen LogP contribution in [-0.2, 0) is 9.59 Å². The van der Waals surface area contributed by atoms with Gasteiger partial charge in [0, 0.05) is 17.3 Å². The first-order chi connectivity index (χ1) is 16.9. The van der Waals surface area contributed by atoms with Gasteiger partial charge in [0.2, 0.25) is 5.91 Å². The first-order valence-corrected chi connectivity index (χ1v) is 11.4. The van der Waals surface area contributed by atoms with E-state index in [9.17, 15) is 19.5 Å². The van der Waals surface area contributed by atoms with E-state index in [0.717, 1.165) is 0 Å². The molecule has 0 fully saturated rings. The summed E-state index contributed by atoms with van der Waals surface area (Å²) in [6.45, 7) is 7.07. The second kappa shape index (κ2) is 13.0. The summed E-state index contributed by atoms with van der Waals surface area (Å²) in [6.07, 6.45) is -0.636. The lowest BCUT2D eigenvalue weighted by Crippen LogP contribution is -2.39. The van der Waals surface area contributed by atoms with Crippen LogP contribution in [-0.4, -0.2) is 47.6 Å². The van der Waals surface area contributed by atoms with E-state index in [1.165, 1.54) is 6.07 Å². The van der Waals surface area contributed by atoms with E-state index in [1.807, 2.05) is 27.7 Å². The van der Waals surface area contributed by atoms with Gasteiger partial charge in [0.15, 0.2) is 5.96 Å². The van der Waals surface area contributed by atoms with Crippen molar-refractivity contribution in [3.8, 4) is 11.5 Å². The van der Waals surface area contributed by atoms with Crippen molar-refractivity contribution in [1.82, 2.24) is 10.6 Å². The summed E-state index contributed by atoms with van der Waals surface area (Å²) < 4.78 is 11.6. The quantitative estimate of drug-likeness (QED) is 0.191. The fourth-order valence-electron chi connectivity index (χ4n) is 3.30. The van der Waals surface area contributed by atoms with Crippen LogP contribution < -0.4 is 31.2 Å².